The normalized spacial score (nSPS) is 12.5. The molecule has 0 saturated carbocycles. The minimum absolute atomic E-state index is 0.0274. The molecule has 0 aliphatic heterocycles. The summed E-state index contributed by atoms with van der Waals surface area (Å²) in [5, 5.41) is 13.4. The number of fused-ring (bicyclic) bond motifs is 1. The summed E-state index contributed by atoms with van der Waals surface area (Å²) in [6.45, 7) is 25.2. The highest BCUT2D eigenvalue weighted by atomic mass is 19.1. The molecular formula is C37H50F2N7O3. The van der Waals surface area contributed by atoms with E-state index in [1.165, 1.54) is 6.33 Å². The molecule has 0 unspecified atom stereocenters. The zero-order valence-electron chi connectivity index (χ0n) is 30.1. The fraction of sp³-hybridized carbons (Fsp3) is 0.486. The first-order valence-electron chi connectivity index (χ1n) is 16.5. The Kier molecular flexibility index (Phi) is 11.5. The highest BCUT2D eigenvalue weighted by Gasteiger charge is 2.50. The lowest BCUT2D eigenvalue weighted by Crippen LogP contribution is -2.63. The maximum atomic E-state index is 13.5. The Morgan fingerprint density at radius 2 is 1.65 bits per heavy atom. The van der Waals surface area contributed by atoms with Gasteiger partial charge in [0, 0.05) is 53.6 Å². The SMILES string of the molecule is [CH2]C(N(CCCOc1cc2ncnc(Nc3cc(CC(=O)Nc4cc(F)cc(F)c4)[nH]n3)c2cc1OC)CC(C)C)(C(C)(C)C)C(C)(C)C. The monoisotopic (exact) mass is 678 g/mol. The molecule has 10 nitrogen and oxygen atoms in total. The number of hydrogen-bond acceptors (Lipinski definition) is 8. The van der Waals surface area contributed by atoms with Crippen LogP contribution in [0.3, 0.4) is 0 Å². The van der Waals surface area contributed by atoms with E-state index in [4.69, 9.17) is 16.4 Å². The van der Waals surface area contributed by atoms with Crippen LogP contribution in [0.25, 0.3) is 10.9 Å². The van der Waals surface area contributed by atoms with Gasteiger partial charge in [-0.15, -0.1) is 0 Å². The van der Waals surface area contributed by atoms with Gasteiger partial charge in [-0.1, -0.05) is 55.4 Å². The number of methoxy groups -OCH3 is 1. The van der Waals surface area contributed by atoms with E-state index in [9.17, 15) is 13.6 Å². The third kappa shape index (κ3) is 9.03. The zero-order valence-corrected chi connectivity index (χ0v) is 30.1. The van der Waals surface area contributed by atoms with Crippen molar-refractivity contribution in [3.05, 3.63) is 67.0 Å². The summed E-state index contributed by atoms with van der Waals surface area (Å²) in [7, 11) is 1.59. The maximum Gasteiger partial charge on any atom is 0.230 e. The number of anilines is 3. The van der Waals surface area contributed by atoms with Crippen molar-refractivity contribution in [1.82, 2.24) is 25.1 Å². The van der Waals surface area contributed by atoms with Gasteiger partial charge in [0.15, 0.2) is 17.3 Å². The standard InChI is InChI=1S/C37H50F2N7O3/c1-23(2)21-46(37(9,35(3,4)5)36(6,7)8)12-11-13-49-31-20-29-28(19-30(31)48-10)34(41-22-40-29)43-32-17-27(44-45-32)18-33(47)42-26-15-24(38)14-25(39)16-26/h14-17,19-20,22-23H,9,11-13,18,21H2,1-8,10H3,(H,42,47)(H2,40,41,43,44,45). The van der Waals surface area contributed by atoms with Crippen molar-refractivity contribution in [3.63, 3.8) is 0 Å². The van der Waals surface area contributed by atoms with Gasteiger partial charge in [0.2, 0.25) is 5.91 Å². The number of benzene rings is 2. The number of aromatic nitrogens is 4. The molecule has 3 N–H and O–H groups in total. The number of nitrogens with one attached hydrogen (secondary N) is 3. The molecule has 0 fully saturated rings. The number of nitrogens with zero attached hydrogens (tertiary/aromatic N) is 4. The second kappa shape index (κ2) is 15.1. The van der Waals surface area contributed by atoms with Crippen LogP contribution in [0, 0.1) is 35.3 Å². The summed E-state index contributed by atoms with van der Waals surface area (Å²) in [5.41, 5.74) is 0.759. The van der Waals surface area contributed by atoms with Crippen molar-refractivity contribution in [3.8, 4) is 11.5 Å². The molecule has 0 saturated heterocycles. The number of rotatable bonds is 14. The van der Waals surface area contributed by atoms with Crippen molar-refractivity contribution in [2.45, 2.75) is 73.8 Å². The number of H-pyrrole nitrogens is 1. The summed E-state index contributed by atoms with van der Waals surface area (Å²) in [6.07, 6.45) is 2.15. The Morgan fingerprint density at radius 3 is 2.27 bits per heavy atom. The van der Waals surface area contributed by atoms with Gasteiger partial charge in [-0.05, 0) is 48.3 Å². The van der Waals surface area contributed by atoms with Gasteiger partial charge in [0.1, 0.15) is 23.8 Å². The molecule has 0 spiro atoms. The Hall–Kier alpha value is -4.32. The molecule has 1 amide bonds. The Labute approximate surface area is 288 Å². The predicted molar refractivity (Wildman–Crippen MR) is 190 cm³/mol. The first-order chi connectivity index (χ1) is 22.9. The van der Waals surface area contributed by atoms with Gasteiger partial charge in [-0.25, -0.2) is 18.7 Å². The second-order valence-electron chi connectivity index (χ2n) is 14.9. The quantitative estimate of drug-likeness (QED) is 0.115. The van der Waals surface area contributed by atoms with Crippen LogP contribution < -0.4 is 20.1 Å². The number of aromatic amines is 1. The van der Waals surface area contributed by atoms with Crippen LogP contribution in [-0.2, 0) is 11.2 Å². The van der Waals surface area contributed by atoms with Crippen LogP contribution >= 0.6 is 0 Å². The van der Waals surface area contributed by atoms with Gasteiger partial charge in [-0.2, -0.15) is 5.10 Å². The molecule has 4 rings (SSSR count). The molecule has 0 aliphatic carbocycles. The van der Waals surface area contributed by atoms with E-state index in [0.29, 0.717) is 52.3 Å². The van der Waals surface area contributed by atoms with E-state index in [0.717, 1.165) is 37.7 Å². The number of halogens is 2. The first-order valence-corrected chi connectivity index (χ1v) is 16.5. The number of hydrogen-bond donors (Lipinski definition) is 3. The summed E-state index contributed by atoms with van der Waals surface area (Å²) in [5.74, 6) is 0.467. The highest BCUT2D eigenvalue weighted by molar-refractivity contribution is 5.93. The fourth-order valence-corrected chi connectivity index (χ4v) is 6.47. The van der Waals surface area contributed by atoms with Crippen LogP contribution in [0.2, 0.25) is 0 Å². The Morgan fingerprint density at radius 1 is 0.980 bits per heavy atom. The minimum atomic E-state index is -0.780. The average molecular weight is 679 g/mol. The van der Waals surface area contributed by atoms with E-state index < -0.39 is 17.5 Å². The molecule has 2 aromatic heterocycles. The summed E-state index contributed by atoms with van der Waals surface area (Å²) in [4.78, 5) is 23.8. The van der Waals surface area contributed by atoms with Gasteiger partial charge in [-0.3, -0.25) is 14.8 Å². The minimum Gasteiger partial charge on any atom is -0.493 e. The maximum absolute atomic E-state index is 13.5. The largest absolute Gasteiger partial charge is 0.493 e. The first kappa shape index (κ1) is 37.5. The number of carbonyl (C=O) groups is 1. The summed E-state index contributed by atoms with van der Waals surface area (Å²) >= 11 is 0. The van der Waals surface area contributed by atoms with Crippen LogP contribution in [0.4, 0.5) is 26.1 Å². The smallest absolute Gasteiger partial charge is 0.230 e. The van der Waals surface area contributed by atoms with E-state index in [-0.39, 0.29) is 28.5 Å². The van der Waals surface area contributed by atoms with Gasteiger partial charge >= 0.3 is 0 Å². The van der Waals surface area contributed by atoms with Crippen molar-refractivity contribution in [2.24, 2.45) is 16.7 Å². The molecule has 49 heavy (non-hydrogen) atoms. The third-order valence-electron chi connectivity index (χ3n) is 8.73. The molecule has 4 aromatic rings. The van der Waals surface area contributed by atoms with Crippen LogP contribution in [0.5, 0.6) is 11.5 Å². The van der Waals surface area contributed by atoms with E-state index in [1.54, 1.807) is 13.2 Å². The molecule has 2 heterocycles. The third-order valence-corrected chi connectivity index (χ3v) is 8.73. The van der Waals surface area contributed by atoms with Gasteiger partial charge < -0.3 is 20.1 Å². The summed E-state index contributed by atoms with van der Waals surface area (Å²) in [6, 6.07) is 8.12. The van der Waals surface area contributed by atoms with Crippen molar-refractivity contribution < 1.29 is 23.0 Å². The lowest BCUT2D eigenvalue weighted by atomic mass is 9.60. The lowest BCUT2D eigenvalue weighted by Gasteiger charge is -2.58. The van der Waals surface area contributed by atoms with Crippen LogP contribution in [0.1, 0.15) is 67.5 Å². The molecular weight excluding hydrogens is 628 g/mol. The second-order valence-corrected chi connectivity index (χ2v) is 14.9. The van der Waals surface area contributed by atoms with Crippen LogP contribution in [-0.4, -0.2) is 63.3 Å². The fourth-order valence-electron chi connectivity index (χ4n) is 6.47. The van der Waals surface area contributed by atoms with Crippen molar-refractivity contribution in [1.29, 1.82) is 0 Å². The molecule has 265 valence electrons. The van der Waals surface area contributed by atoms with Crippen molar-refractivity contribution in [2.75, 3.05) is 37.4 Å². The molecule has 0 bridgehead atoms. The number of ether oxygens (including phenoxy) is 2. The Balaban J connectivity index is 1.44. The highest BCUT2D eigenvalue weighted by Crippen LogP contribution is 2.48. The average Bonchev–Trinajstić information content (AvgIpc) is 3.42. The molecule has 12 heteroatoms. The van der Waals surface area contributed by atoms with Gasteiger partial charge in [0.05, 0.1) is 25.7 Å². The predicted octanol–water partition coefficient (Wildman–Crippen LogP) is 7.96. The van der Waals surface area contributed by atoms with Gasteiger partial charge in [0.25, 0.3) is 0 Å². The lowest BCUT2D eigenvalue weighted by molar-refractivity contribution is -0.115. The van der Waals surface area contributed by atoms with E-state index in [1.807, 2.05) is 12.1 Å². The van der Waals surface area contributed by atoms with Crippen LogP contribution in [0.15, 0.2) is 42.7 Å². The van der Waals surface area contributed by atoms with E-state index in [2.05, 4.69) is 91.1 Å². The molecule has 1 radical (unpaired) electrons. The summed E-state index contributed by atoms with van der Waals surface area (Å²) < 4.78 is 38.9. The topological polar surface area (TPSA) is 117 Å². The number of amides is 1. The molecule has 0 aliphatic rings. The Bertz CT molecular complexity index is 1710. The zero-order chi connectivity index (χ0) is 36.1. The van der Waals surface area contributed by atoms with Crippen molar-refractivity contribution >= 4 is 34.1 Å². The molecule has 0 atom stereocenters. The number of carbonyl (C=O) groups excluding carboxylic acids is 1. The molecule has 2 aromatic carbocycles. The van der Waals surface area contributed by atoms with E-state index >= 15 is 0 Å².